The van der Waals surface area contributed by atoms with Crippen molar-refractivity contribution in [3.63, 3.8) is 0 Å². The maximum absolute atomic E-state index is 12.1. The number of aliphatic carboxylic acids is 1. The number of amides is 2. The van der Waals surface area contributed by atoms with Gasteiger partial charge >= 0.3 is 12.0 Å². The van der Waals surface area contributed by atoms with Crippen LogP contribution in [0.5, 0.6) is 0 Å². The molecule has 0 radical (unpaired) electrons. The molecule has 2 amide bonds. The number of hydrogen-bond donors (Lipinski definition) is 2. The molecule has 1 heterocycles. The number of carbonyl (C=O) groups is 2. The van der Waals surface area contributed by atoms with Crippen molar-refractivity contribution in [1.82, 2.24) is 10.2 Å². The van der Waals surface area contributed by atoms with Crippen molar-refractivity contribution < 1.29 is 19.4 Å². The van der Waals surface area contributed by atoms with E-state index in [0.29, 0.717) is 25.5 Å². The monoisotopic (exact) mass is 286 g/mol. The van der Waals surface area contributed by atoms with E-state index in [1.165, 1.54) is 0 Å². The normalized spacial score (nSPS) is 21.9. The summed E-state index contributed by atoms with van der Waals surface area (Å²) < 4.78 is 5.39. The Bertz CT molecular complexity index is 329. The molecule has 0 aromatic carbocycles. The van der Waals surface area contributed by atoms with E-state index in [2.05, 4.69) is 5.32 Å². The van der Waals surface area contributed by atoms with Gasteiger partial charge in [0, 0.05) is 26.1 Å². The number of carboxylic acids is 1. The van der Waals surface area contributed by atoms with Crippen molar-refractivity contribution in [3.8, 4) is 0 Å². The zero-order valence-electron chi connectivity index (χ0n) is 12.6. The first-order chi connectivity index (χ1) is 9.45. The van der Waals surface area contributed by atoms with Crippen LogP contribution in [0.4, 0.5) is 4.79 Å². The zero-order chi connectivity index (χ0) is 15.1. The predicted octanol–water partition coefficient (Wildman–Crippen LogP) is 1.55. The quantitative estimate of drug-likeness (QED) is 0.776. The van der Waals surface area contributed by atoms with Crippen molar-refractivity contribution in [3.05, 3.63) is 0 Å². The molecule has 2 N–H and O–H groups in total. The molecule has 0 saturated carbocycles. The molecular weight excluding hydrogens is 260 g/mol. The van der Waals surface area contributed by atoms with Crippen LogP contribution in [0.3, 0.4) is 0 Å². The fourth-order valence-electron chi connectivity index (χ4n) is 2.35. The number of nitrogens with one attached hydrogen (secondary N) is 1. The fraction of sp³-hybridized carbons (Fsp3) is 0.857. The van der Waals surface area contributed by atoms with Crippen LogP contribution in [0.1, 0.15) is 33.1 Å². The Morgan fingerprint density at radius 1 is 1.50 bits per heavy atom. The molecule has 6 nitrogen and oxygen atoms in total. The zero-order valence-corrected chi connectivity index (χ0v) is 12.6. The van der Waals surface area contributed by atoms with Gasteiger partial charge in [-0.1, -0.05) is 20.3 Å². The summed E-state index contributed by atoms with van der Waals surface area (Å²) in [5.74, 6) is -0.739. The summed E-state index contributed by atoms with van der Waals surface area (Å²) in [6.07, 6.45) is 2.77. The Morgan fingerprint density at radius 2 is 2.20 bits per heavy atom. The van der Waals surface area contributed by atoms with E-state index in [0.717, 1.165) is 19.4 Å². The molecule has 0 bridgehead atoms. The minimum Gasteiger partial charge on any atom is -0.480 e. The summed E-state index contributed by atoms with van der Waals surface area (Å²) in [7, 11) is 1.69. The van der Waals surface area contributed by atoms with Gasteiger partial charge in [0.15, 0.2) is 0 Å². The van der Waals surface area contributed by atoms with Crippen molar-refractivity contribution in [2.45, 2.75) is 39.2 Å². The molecule has 1 fully saturated rings. The van der Waals surface area contributed by atoms with Gasteiger partial charge in [0.1, 0.15) is 6.04 Å². The number of hydrogen-bond acceptors (Lipinski definition) is 3. The van der Waals surface area contributed by atoms with E-state index in [-0.39, 0.29) is 11.9 Å². The number of nitrogens with zero attached hydrogens (tertiary/aromatic N) is 1. The third kappa shape index (κ3) is 5.00. The molecule has 1 saturated heterocycles. The number of rotatable bonds is 6. The standard InChI is InChI=1S/C14H26N2O4/c1-4-10(2)12(13(17)18)15-14(19)16(3)8-11-6-5-7-20-9-11/h10-12H,4-9H2,1-3H3,(H,15,19)(H,17,18)/t10-,11?,12-/m0/s1. The first-order valence-corrected chi connectivity index (χ1v) is 7.27. The second-order valence-electron chi connectivity index (χ2n) is 5.61. The largest absolute Gasteiger partial charge is 0.480 e. The highest BCUT2D eigenvalue weighted by Gasteiger charge is 2.27. The number of carboxylic acid groups (broad SMARTS) is 1. The highest BCUT2D eigenvalue weighted by Crippen LogP contribution is 2.15. The lowest BCUT2D eigenvalue weighted by atomic mass is 9.99. The molecule has 1 unspecified atom stereocenters. The molecule has 0 spiro atoms. The van der Waals surface area contributed by atoms with E-state index < -0.39 is 12.0 Å². The van der Waals surface area contributed by atoms with Gasteiger partial charge in [-0.3, -0.25) is 0 Å². The number of carbonyl (C=O) groups excluding carboxylic acids is 1. The lowest BCUT2D eigenvalue weighted by Crippen LogP contribution is -2.50. The number of ether oxygens (including phenoxy) is 1. The van der Waals surface area contributed by atoms with E-state index in [1.807, 2.05) is 13.8 Å². The van der Waals surface area contributed by atoms with Gasteiger partial charge in [0.05, 0.1) is 6.61 Å². The van der Waals surface area contributed by atoms with Gasteiger partial charge in [0.25, 0.3) is 0 Å². The van der Waals surface area contributed by atoms with Crippen LogP contribution in [-0.4, -0.2) is 54.9 Å². The Morgan fingerprint density at radius 3 is 2.70 bits per heavy atom. The molecule has 0 aromatic rings. The molecule has 116 valence electrons. The lowest BCUT2D eigenvalue weighted by molar-refractivity contribution is -0.140. The topological polar surface area (TPSA) is 78.9 Å². The Kier molecular flexibility index (Phi) is 6.78. The maximum Gasteiger partial charge on any atom is 0.326 e. The van der Waals surface area contributed by atoms with Crippen LogP contribution in [0.2, 0.25) is 0 Å². The summed E-state index contributed by atoms with van der Waals surface area (Å²) in [6, 6.07) is -1.17. The first-order valence-electron chi connectivity index (χ1n) is 7.27. The molecule has 0 aromatic heterocycles. The van der Waals surface area contributed by atoms with Gasteiger partial charge in [-0.15, -0.1) is 0 Å². The van der Waals surface area contributed by atoms with Crippen LogP contribution in [-0.2, 0) is 9.53 Å². The van der Waals surface area contributed by atoms with Crippen LogP contribution in [0.25, 0.3) is 0 Å². The van der Waals surface area contributed by atoms with Gasteiger partial charge in [-0.05, 0) is 18.8 Å². The summed E-state index contributed by atoms with van der Waals surface area (Å²) in [5, 5.41) is 11.8. The minimum absolute atomic E-state index is 0.0946. The number of urea groups is 1. The van der Waals surface area contributed by atoms with Crippen LogP contribution in [0, 0.1) is 11.8 Å². The van der Waals surface area contributed by atoms with Crippen LogP contribution < -0.4 is 5.32 Å². The van der Waals surface area contributed by atoms with Crippen molar-refractivity contribution in [2.24, 2.45) is 11.8 Å². The second kappa shape index (κ2) is 8.09. The average Bonchev–Trinajstić information content (AvgIpc) is 2.44. The molecule has 0 aliphatic carbocycles. The van der Waals surface area contributed by atoms with Crippen molar-refractivity contribution >= 4 is 12.0 Å². The van der Waals surface area contributed by atoms with Crippen LogP contribution >= 0.6 is 0 Å². The summed E-state index contributed by atoms with van der Waals surface area (Å²) in [6.45, 7) is 5.80. The molecule has 6 heteroatoms. The summed E-state index contributed by atoms with van der Waals surface area (Å²) in [5.41, 5.74) is 0. The first kappa shape index (κ1) is 16.8. The maximum atomic E-state index is 12.1. The smallest absolute Gasteiger partial charge is 0.326 e. The Hall–Kier alpha value is -1.30. The molecule has 1 aliphatic rings. The fourth-order valence-corrected chi connectivity index (χ4v) is 2.35. The van der Waals surface area contributed by atoms with Gasteiger partial charge < -0.3 is 20.1 Å². The predicted molar refractivity (Wildman–Crippen MR) is 75.6 cm³/mol. The van der Waals surface area contributed by atoms with Gasteiger partial charge in [-0.2, -0.15) is 0 Å². The van der Waals surface area contributed by atoms with Gasteiger partial charge in [0.2, 0.25) is 0 Å². The third-order valence-corrected chi connectivity index (χ3v) is 3.89. The van der Waals surface area contributed by atoms with E-state index in [1.54, 1.807) is 11.9 Å². The molecule has 20 heavy (non-hydrogen) atoms. The summed E-state index contributed by atoms with van der Waals surface area (Å²) >= 11 is 0. The third-order valence-electron chi connectivity index (χ3n) is 3.89. The summed E-state index contributed by atoms with van der Waals surface area (Å²) in [4.78, 5) is 24.8. The van der Waals surface area contributed by atoms with E-state index in [9.17, 15) is 14.7 Å². The van der Waals surface area contributed by atoms with Gasteiger partial charge in [-0.25, -0.2) is 9.59 Å². The van der Waals surface area contributed by atoms with E-state index >= 15 is 0 Å². The molecular formula is C14H26N2O4. The molecule has 1 aliphatic heterocycles. The Labute approximate surface area is 120 Å². The van der Waals surface area contributed by atoms with Crippen LogP contribution in [0.15, 0.2) is 0 Å². The average molecular weight is 286 g/mol. The molecule has 3 atom stereocenters. The molecule has 1 rings (SSSR count). The minimum atomic E-state index is -0.984. The highest BCUT2D eigenvalue weighted by atomic mass is 16.5. The highest BCUT2D eigenvalue weighted by molar-refractivity contribution is 5.82. The van der Waals surface area contributed by atoms with E-state index in [4.69, 9.17) is 4.74 Å². The van der Waals surface area contributed by atoms with Crippen molar-refractivity contribution in [2.75, 3.05) is 26.8 Å². The lowest BCUT2D eigenvalue weighted by Gasteiger charge is -2.29. The van der Waals surface area contributed by atoms with Crippen molar-refractivity contribution in [1.29, 1.82) is 0 Å². The Balaban J connectivity index is 2.48. The second-order valence-corrected chi connectivity index (χ2v) is 5.61. The SMILES string of the molecule is CC[C@H](C)[C@H](NC(=O)N(C)CC1CCCOC1)C(=O)O.